The summed E-state index contributed by atoms with van der Waals surface area (Å²) in [6.07, 6.45) is 2.00. The van der Waals surface area contributed by atoms with E-state index in [-0.39, 0.29) is 16.3 Å². The summed E-state index contributed by atoms with van der Waals surface area (Å²) in [5.74, 6) is -1.07. The van der Waals surface area contributed by atoms with Crippen molar-refractivity contribution in [3.8, 4) is 5.75 Å². The molecule has 8 heteroatoms. The fraction of sp³-hybridized carbons (Fsp3) is 0.174. The van der Waals surface area contributed by atoms with E-state index in [0.717, 1.165) is 16.8 Å². The van der Waals surface area contributed by atoms with Crippen LogP contribution in [0, 0.1) is 6.92 Å². The van der Waals surface area contributed by atoms with Crippen LogP contribution in [-0.4, -0.2) is 34.3 Å². The van der Waals surface area contributed by atoms with Crippen molar-refractivity contribution >= 4 is 29.2 Å². The molecule has 0 fully saturated rings. The molecule has 3 aromatic rings. The van der Waals surface area contributed by atoms with Crippen molar-refractivity contribution in [3.63, 3.8) is 0 Å². The van der Waals surface area contributed by atoms with E-state index < -0.39 is 24.5 Å². The first-order valence-electron chi connectivity index (χ1n) is 9.58. The zero-order valence-electron chi connectivity index (χ0n) is 16.6. The van der Waals surface area contributed by atoms with Gasteiger partial charge in [-0.3, -0.25) is 4.79 Å². The van der Waals surface area contributed by atoms with E-state index in [1.807, 2.05) is 31.2 Å². The molecule has 0 saturated heterocycles. The maximum absolute atomic E-state index is 12.9. The van der Waals surface area contributed by atoms with Gasteiger partial charge in [0, 0.05) is 11.4 Å². The van der Waals surface area contributed by atoms with Gasteiger partial charge in [-0.2, -0.15) is 5.10 Å². The molecule has 1 N–H and O–H groups in total. The quantitative estimate of drug-likeness (QED) is 0.593. The van der Waals surface area contributed by atoms with Gasteiger partial charge in [-0.05, 0) is 42.8 Å². The van der Waals surface area contributed by atoms with Crippen LogP contribution in [0.5, 0.6) is 5.75 Å². The Morgan fingerprint density at radius 1 is 1.23 bits per heavy atom. The number of phenols is 1. The molecule has 0 unspecified atom stereocenters. The zero-order valence-corrected chi connectivity index (χ0v) is 17.4. The number of ether oxygens (including phenoxy) is 1. The SMILES string of the molecule is Cc1ccc(C2=NN(C(=O)COC(=O)c3cc(Cl)ccc3O)[C@@H](c3ccco3)C2)cc1. The Labute approximate surface area is 183 Å². The second-order valence-electron chi connectivity index (χ2n) is 7.12. The highest BCUT2D eigenvalue weighted by atomic mass is 35.5. The summed E-state index contributed by atoms with van der Waals surface area (Å²) < 4.78 is 10.6. The number of rotatable bonds is 5. The number of furan rings is 1. The standard InChI is InChI=1S/C23H19ClN2O5/c1-14-4-6-15(7-5-14)18-12-19(21-3-2-10-30-21)26(25-18)22(28)13-31-23(29)17-11-16(24)8-9-20(17)27/h2-11,19,27H,12-13H2,1H3/t19-/m1/s1. The van der Waals surface area contributed by atoms with Crippen molar-refractivity contribution < 1.29 is 23.8 Å². The lowest BCUT2D eigenvalue weighted by molar-refractivity contribution is -0.136. The van der Waals surface area contributed by atoms with Gasteiger partial charge in [-0.1, -0.05) is 41.4 Å². The van der Waals surface area contributed by atoms with Crippen LogP contribution in [-0.2, 0) is 9.53 Å². The molecule has 158 valence electrons. The number of benzene rings is 2. The largest absolute Gasteiger partial charge is 0.507 e. The third-order valence-corrected chi connectivity index (χ3v) is 5.16. The minimum absolute atomic E-state index is 0.117. The molecule has 0 radical (unpaired) electrons. The zero-order chi connectivity index (χ0) is 22.0. The predicted molar refractivity (Wildman–Crippen MR) is 114 cm³/mol. The first kappa shape index (κ1) is 20.7. The summed E-state index contributed by atoms with van der Waals surface area (Å²) in [6.45, 7) is 1.44. The normalized spacial score (nSPS) is 15.6. The molecule has 1 amide bonds. The van der Waals surface area contributed by atoms with Gasteiger partial charge in [0.1, 0.15) is 23.1 Å². The maximum Gasteiger partial charge on any atom is 0.342 e. The van der Waals surface area contributed by atoms with E-state index >= 15 is 0 Å². The summed E-state index contributed by atoms with van der Waals surface area (Å²) in [5, 5.41) is 15.9. The Balaban J connectivity index is 1.52. The van der Waals surface area contributed by atoms with Gasteiger partial charge in [0.2, 0.25) is 0 Å². The number of hydrogen-bond donors (Lipinski definition) is 1. The van der Waals surface area contributed by atoms with Gasteiger partial charge in [-0.15, -0.1) is 0 Å². The number of phenolic OH excluding ortho intramolecular Hbond substituents is 1. The summed E-state index contributed by atoms with van der Waals surface area (Å²) in [4.78, 5) is 25.2. The molecule has 1 aliphatic heterocycles. The Bertz CT molecular complexity index is 1140. The number of aromatic hydroxyl groups is 1. The molecular formula is C23H19ClN2O5. The van der Waals surface area contributed by atoms with E-state index in [1.54, 1.807) is 12.1 Å². The third kappa shape index (κ3) is 4.46. The van der Waals surface area contributed by atoms with Crippen molar-refractivity contribution in [2.45, 2.75) is 19.4 Å². The summed E-state index contributed by atoms with van der Waals surface area (Å²) in [6, 6.07) is 14.9. The second-order valence-corrected chi connectivity index (χ2v) is 7.56. The molecule has 7 nitrogen and oxygen atoms in total. The van der Waals surface area contributed by atoms with Crippen LogP contribution in [0.2, 0.25) is 5.02 Å². The second kappa shape index (κ2) is 8.65. The van der Waals surface area contributed by atoms with Crippen molar-refractivity contribution in [1.82, 2.24) is 5.01 Å². The lowest BCUT2D eigenvalue weighted by Gasteiger charge is -2.19. The molecule has 1 aliphatic rings. The Morgan fingerprint density at radius 2 is 2.00 bits per heavy atom. The average molecular weight is 439 g/mol. The number of hydrazone groups is 1. The molecule has 1 aromatic heterocycles. The van der Waals surface area contributed by atoms with Crippen molar-refractivity contribution in [2.24, 2.45) is 5.10 Å². The number of amides is 1. The monoisotopic (exact) mass is 438 g/mol. The predicted octanol–water partition coefficient (Wildman–Crippen LogP) is 4.48. The fourth-order valence-corrected chi connectivity index (χ4v) is 3.48. The van der Waals surface area contributed by atoms with Crippen LogP contribution < -0.4 is 0 Å². The van der Waals surface area contributed by atoms with Gasteiger partial charge in [-0.25, -0.2) is 9.80 Å². The van der Waals surface area contributed by atoms with Crippen LogP contribution in [0.1, 0.15) is 39.7 Å². The van der Waals surface area contributed by atoms with Gasteiger partial charge in [0.05, 0.1) is 12.0 Å². The average Bonchev–Trinajstić information content (AvgIpc) is 3.44. The maximum atomic E-state index is 12.9. The lowest BCUT2D eigenvalue weighted by atomic mass is 10.0. The highest BCUT2D eigenvalue weighted by molar-refractivity contribution is 6.31. The molecular weight excluding hydrogens is 420 g/mol. The van der Waals surface area contributed by atoms with Gasteiger partial charge >= 0.3 is 5.97 Å². The van der Waals surface area contributed by atoms with Crippen molar-refractivity contribution in [1.29, 1.82) is 0 Å². The molecule has 0 saturated carbocycles. The highest BCUT2D eigenvalue weighted by Gasteiger charge is 2.35. The number of carbonyl (C=O) groups excluding carboxylic acids is 2. The number of aryl methyl sites for hydroxylation is 1. The Kier molecular flexibility index (Phi) is 5.77. The Morgan fingerprint density at radius 3 is 2.71 bits per heavy atom. The topological polar surface area (TPSA) is 92.3 Å². The minimum Gasteiger partial charge on any atom is -0.507 e. The Hall–Kier alpha value is -3.58. The number of halogens is 1. The van der Waals surface area contributed by atoms with Crippen LogP contribution in [0.3, 0.4) is 0 Å². The number of nitrogens with zero attached hydrogens (tertiary/aromatic N) is 2. The number of hydrogen-bond acceptors (Lipinski definition) is 6. The molecule has 2 heterocycles. The summed E-state index contributed by atoms with van der Waals surface area (Å²) in [5.41, 5.74) is 2.63. The third-order valence-electron chi connectivity index (χ3n) is 4.93. The molecule has 2 aromatic carbocycles. The van der Waals surface area contributed by atoms with Crippen LogP contribution in [0.4, 0.5) is 0 Å². The molecule has 0 bridgehead atoms. The van der Waals surface area contributed by atoms with Crippen LogP contribution in [0.25, 0.3) is 0 Å². The molecule has 4 rings (SSSR count). The van der Waals surface area contributed by atoms with Crippen LogP contribution >= 0.6 is 11.6 Å². The highest BCUT2D eigenvalue weighted by Crippen LogP contribution is 2.33. The first-order chi connectivity index (χ1) is 14.9. The fourth-order valence-electron chi connectivity index (χ4n) is 3.31. The van der Waals surface area contributed by atoms with E-state index in [2.05, 4.69) is 5.10 Å². The van der Waals surface area contributed by atoms with Gasteiger partial charge < -0.3 is 14.3 Å². The molecule has 31 heavy (non-hydrogen) atoms. The van der Waals surface area contributed by atoms with E-state index in [0.29, 0.717) is 12.2 Å². The van der Waals surface area contributed by atoms with Gasteiger partial charge in [0.25, 0.3) is 5.91 Å². The van der Waals surface area contributed by atoms with E-state index in [1.165, 1.54) is 29.5 Å². The lowest BCUT2D eigenvalue weighted by Crippen LogP contribution is -2.31. The molecule has 0 aliphatic carbocycles. The smallest absolute Gasteiger partial charge is 0.342 e. The van der Waals surface area contributed by atoms with E-state index in [9.17, 15) is 14.7 Å². The van der Waals surface area contributed by atoms with Crippen LogP contribution in [0.15, 0.2) is 70.4 Å². The van der Waals surface area contributed by atoms with Gasteiger partial charge in [0.15, 0.2) is 6.61 Å². The van der Waals surface area contributed by atoms with E-state index in [4.69, 9.17) is 20.8 Å². The molecule has 1 atom stereocenters. The summed E-state index contributed by atoms with van der Waals surface area (Å²) in [7, 11) is 0. The minimum atomic E-state index is -0.857. The number of esters is 1. The van der Waals surface area contributed by atoms with Crippen molar-refractivity contribution in [2.75, 3.05) is 6.61 Å². The first-order valence-corrected chi connectivity index (χ1v) is 9.96. The molecule has 0 spiro atoms. The number of carbonyl (C=O) groups is 2. The van der Waals surface area contributed by atoms with Crippen molar-refractivity contribution in [3.05, 3.63) is 88.3 Å². The summed E-state index contributed by atoms with van der Waals surface area (Å²) >= 11 is 5.87.